The highest BCUT2D eigenvalue weighted by Gasteiger charge is 2.17. The van der Waals surface area contributed by atoms with Gasteiger partial charge in [0.2, 0.25) is 0 Å². The smallest absolute Gasteiger partial charge is 0.320 e. The number of nitrogens with two attached hydrogens (primary N) is 1. The van der Waals surface area contributed by atoms with E-state index in [0.717, 1.165) is 6.07 Å². The number of carbonyl (C=O) groups is 1. The molecule has 6 heteroatoms. The van der Waals surface area contributed by atoms with Gasteiger partial charge in [-0.25, -0.2) is 4.39 Å². The van der Waals surface area contributed by atoms with Crippen molar-refractivity contribution >= 4 is 5.97 Å². The highest BCUT2D eigenvalue weighted by Crippen LogP contribution is 2.30. The van der Waals surface area contributed by atoms with E-state index in [9.17, 15) is 9.18 Å². The van der Waals surface area contributed by atoms with E-state index >= 15 is 0 Å². The van der Waals surface area contributed by atoms with E-state index in [1.54, 1.807) is 0 Å². The summed E-state index contributed by atoms with van der Waals surface area (Å²) in [5.74, 6) is -1.17. The SMILES string of the molecule is COc1cc([18F])c(C[C@H](N)C(=O)O)cc1OC. The van der Waals surface area contributed by atoms with Crippen LogP contribution in [0.25, 0.3) is 0 Å². The van der Waals surface area contributed by atoms with Gasteiger partial charge in [0, 0.05) is 12.5 Å². The average molecular weight is 242 g/mol. The van der Waals surface area contributed by atoms with Gasteiger partial charge in [0.05, 0.1) is 14.2 Å². The largest absolute Gasteiger partial charge is 0.493 e. The molecule has 0 aliphatic carbocycles. The van der Waals surface area contributed by atoms with Crippen LogP contribution in [0.15, 0.2) is 12.1 Å². The molecule has 17 heavy (non-hydrogen) atoms. The third-order valence-corrected chi connectivity index (χ3v) is 2.31. The Morgan fingerprint density at radius 2 is 1.94 bits per heavy atom. The van der Waals surface area contributed by atoms with Crippen molar-refractivity contribution in [2.75, 3.05) is 14.2 Å². The second-order valence-electron chi connectivity index (χ2n) is 3.45. The lowest BCUT2D eigenvalue weighted by Crippen LogP contribution is -2.32. The minimum absolute atomic E-state index is 0.110. The molecule has 94 valence electrons. The van der Waals surface area contributed by atoms with Crippen molar-refractivity contribution < 1.29 is 23.8 Å². The van der Waals surface area contributed by atoms with Crippen molar-refractivity contribution in [2.24, 2.45) is 5.73 Å². The lowest BCUT2D eigenvalue weighted by Gasteiger charge is -2.12. The van der Waals surface area contributed by atoms with Crippen LogP contribution in [0.2, 0.25) is 0 Å². The number of rotatable bonds is 5. The molecule has 0 aliphatic heterocycles. The van der Waals surface area contributed by atoms with Gasteiger partial charge in [-0.1, -0.05) is 0 Å². The zero-order valence-corrected chi connectivity index (χ0v) is 9.57. The van der Waals surface area contributed by atoms with Crippen LogP contribution in [-0.4, -0.2) is 31.3 Å². The number of benzene rings is 1. The third kappa shape index (κ3) is 3.07. The van der Waals surface area contributed by atoms with E-state index in [0.29, 0.717) is 5.75 Å². The summed E-state index contributed by atoms with van der Waals surface area (Å²) >= 11 is 0. The Hall–Kier alpha value is -1.82. The Bertz CT molecular complexity index is 422. The first kappa shape index (κ1) is 13.2. The molecule has 0 amide bonds. The molecule has 1 atom stereocenters. The minimum atomic E-state index is -1.18. The van der Waals surface area contributed by atoms with Gasteiger partial charge in [0.1, 0.15) is 11.9 Å². The number of methoxy groups -OCH3 is 2. The summed E-state index contributed by atoms with van der Waals surface area (Å²) in [5, 5.41) is 8.66. The fourth-order valence-electron chi connectivity index (χ4n) is 1.38. The molecular weight excluding hydrogens is 228 g/mol. The zero-order chi connectivity index (χ0) is 13.0. The molecule has 0 aliphatic rings. The predicted octanol–water partition coefficient (Wildman–Crippen LogP) is 0.797. The van der Waals surface area contributed by atoms with Crippen molar-refractivity contribution in [1.82, 2.24) is 0 Å². The van der Waals surface area contributed by atoms with Crippen LogP contribution in [0.1, 0.15) is 5.56 Å². The van der Waals surface area contributed by atoms with Gasteiger partial charge in [-0.2, -0.15) is 0 Å². The van der Waals surface area contributed by atoms with Crippen LogP contribution < -0.4 is 15.2 Å². The Balaban J connectivity index is 3.04. The van der Waals surface area contributed by atoms with Crippen molar-refractivity contribution in [1.29, 1.82) is 0 Å². The minimum Gasteiger partial charge on any atom is -0.493 e. The molecule has 0 fully saturated rings. The van der Waals surface area contributed by atoms with Crippen LogP contribution >= 0.6 is 0 Å². The maximum Gasteiger partial charge on any atom is 0.320 e. The maximum atomic E-state index is 13.6. The van der Waals surface area contributed by atoms with Crippen molar-refractivity contribution in [2.45, 2.75) is 12.5 Å². The topological polar surface area (TPSA) is 81.8 Å². The fourth-order valence-corrected chi connectivity index (χ4v) is 1.38. The van der Waals surface area contributed by atoms with E-state index in [1.807, 2.05) is 0 Å². The quantitative estimate of drug-likeness (QED) is 0.798. The second-order valence-corrected chi connectivity index (χ2v) is 3.45. The monoisotopic (exact) mass is 242 g/mol. The first-order chi connectivity index (χ1) is 7.99. The van der Waals surface area contributed by atoms with Crippen molar-refractivity contribution in [3.63, 3.8) is 0 Å². The molecule has 0 radical (unpaired) electrons. The van der Waals surface area contributed by atoms with Crippen molar-refractivity contribution in [3.05, 3.63) is 23.5 Å². The summed E-state index contributed by atoms with van der Waals surface area (Å²) in [5.41, 5.74) is 5.52. The first-order valence-corrected chi connectivity index (χ1v) is 4.88. The maximum absolute atomic E-state index is 13.6. The Labute approximate surface area is 97.9 Å². The summed E-state index contributed by atoms with van der Waals surface area (Å²) in [7, 11) is 2.80. The summed E-state index contributed by atoms with van der Waals surface area (Å²) in [6.45, 7) is 0. The van der Waals surface area contributed by atoms with Crippen molar-refractivity contribution in [3.8, 4) is 11.5 Å². The third-order valence-electron chi connectivity index (χ3n) is 2.31. The predicted molar refractivity (Wildman–Crippen MR) is 58.8 cm³/mol. The summed E-state index contributed by atoms with van der Waals surface area (Å²) in [6.07, 6.45) is -0.110. The van der Waals surface area contributed by atoms with Gasteiger partial charge < -0.3 is 20.3 Å². The molecule has 1 aromatic carbocycles. The number of carboxylic acid groups (broad SMARTS) is 1. The van der Waals surface area contributed by atoms with Gasteiger partial charge in [-0.3, -0.25) is 4.79 Å². The molecule has 0 spiro atoms. The number of halogens is 1. The van der Waals surface area contributed by atoms with Gasteiger partial charge in [-0.05, 0) is 11.6 Å². The Morgan fingerprint density at radius 3 is 2.41 bits per heavy atom. The number of hydrogen-bond acceptors (Lipinski definition) is 4. The lowest BCUT2D eigenvalue weighted by atomic mass is 10.1. The molecule has 0 saturated heterocycles. The molecular formula is C11H14FNO4. The average Bonchev–Trinajstić information content (AvgIpc) is 2.30. The number of hydrogen-bond donors (Lipinski definition) is 2. The van der Waals surface area contributed by atoms with Crippen LogP contribution in [0, 0.1) is 5.82 Å². The van der Waals surface area contributed by atoms with E-state index in [-0.39, 0.29) is 17.7 Å². The normalized spacial score (nSPS) is 12.0. The Morgan fingerprint density at radius 1 is 1.41 bits per heavy atom. The summed E-state index contributed by atoms with van der Waals surface area (Å²) < 4.78 is 23.5. The van der Waals surface area contributed by atoms with E-state index in [1.165, 1.54) is 20.3 Å². The number of aliphatic carboxylic acids is 1. The second kappa shape index (κ2) is 5.49. The summed E-state index contributed by atoms with van der Waals surface area (Å²) in [6, 6.07) is 1.38. The Kier molecular flexibility index (Phi) is 4.28. The molecule has 0 bridgehead atoms. The summed E-state index contributed by atoms with van der Waals surface area (Å²) in [4.78, 5) is 10.6. The first-order valence-electron chi connectivity index (χ1n) is 4.88. The molecule has 1 rings (SSSR count). The van der Waals surface area contributed by atoms with E-state index in [4.69, 9.17) is 20.3 Å². The highest BCUT2D eigenvalue weighted by molar-refractivity contribution is 5.73. The van der Waals surface area contributed by atoms with Gasteiger partial charge in [-0.15, -0.1) is 0 Å². The molecule has 1 aromatic rings. The van der Waals surface area contributed by atoms with Crippen LogP contribution in [-0.2, 0) is 11.2 Å². The zero-order valence-electron chi connectivity index (χ0n) is 9.57. The fraction of sp³-hybridized carbons (Fsp3) is 0.364. The molecule has 0 saturated carbocycles. The molecule has 0 unspecified atom stereocenters. The van der Waals surface area contributed by atoms with Gasteiger partial charge >= 0.3 is 5.97 Å². The number of ether oxygens (including phenoxy) is 2. The number of carboxylic acids is 1. The lowest BCUT2D eigenvalue weighted by molar-refractivity contribution is -0.138. The van der Waals surface area contributed by atoms with Crippen LogP contribution in [0.3, 0.4) is 0 Å². The molecule has 0 aromatic heterocycles. The van der Waals surface area contributed by atoms with E-state index < -0.39 is 17.8 Å². The molecule has 3 N–H and O–H groups in total. The highest BCUT2D eigenvalue weighted by atomic mass is 18.2. The molecule has 0 heterocycles. The van der Waals surface area contributed by atoms with Gasteiger partial charge in [0.25, 0.3) is 0 Å². The van der Waals surface area contributed by atoms with Crippen LogP contribution in [0.5, 0.6) is 11.5 Å². The standard InChI is InChI=1S/C11H14FNO4/c1-16-9-4-6(3-8(13)11(14)15)7(12)5-10(9)17-2/h4-5,8H,3,13H2,1-2H3,(H,14,15)/t8-/m0/s1/i12-1. The molecule has 5 nitrogen and oxygen atoms in total. The van der Waals surface area contributed by atoms with E-state index in [2.05, 4.69) is 0 Å². The van der Waals surface area contributed by atoms with Crippen LogP contribution in [0.4, 0.5) is 4.39 Å². The van der Waals surface area contributed by atoms with Gasteiger partial charge in [0.15, 0.2) is 11.5 Å².